The lowest BCUT2D eigenvalue weighted by Gasteiger charge is -2.37. The summed E-state index contributed by atoms with van der Waals surface area (Å²) in [5.74, 6) is 0.830. The smallest absolute Gasteiger partial charge is 0.223 e. The Kier molecular flexibility index (Phi) is 4.32. The van der Waals surface area contributed by atoms with Crippen molar-refractivity contribution < 1.29 is 9.59 Å². The first-order valence-electron chi connectivity index (χ1n) is 8.46. The van der Waals surface area contributed by atoms with E-state index in [1.54, 1.807) is 0 Å². The van der Waals surface area contributed by atoms with Gasteiger partial charge < -0.3 is 5.32 Å². The van der Waals surface area contributed by atoms with Crippen LogP contribution in [0.25, 0.3) is 0 Å². The van der Waals surface area contributed by atoms with Gasteiger partial charge in [0.05, 0.1) is 6.04 Å². The van der Waals surface area contributed by atoms with E-state index < -0.39 is 0 Å². The van der Waals surface area contributed by atoms with Crippen LogP contribution in [0.5, 0.6) is 0 Å². The Balaban J connectivity index is 1.65. The number of hydrogen-bond acceptors (Lipinski definition) is 2. The van der Waals surface area contributed by atoms with Crippen molar-refractivity contribution in [3.05, 3.63) is 35.4 Å². The molecule has 0 aromatic heterocycles. The summed E-state index contributed by atoms with van der Waals surface area (Å²) in [6.45, 7) is 4.11. The molecule has 2 aliphatic rings. The second kappa shape index (κ2) is 6.23. The maximum Gasteiger partial charge on any atom is 0.223 e. The molecule has 118 valence electrons. The molecule has 1 aromatic rings. The third kappa shape index (κ3) is 2.94. The van der Waals surface area contributed by atoms with E-state index in [2.05, 4.69) is 24.4 Å². The molecule has 3 rings (SSSR count). The van der Waals surface area contributed by atoms with Gasteiger partial charge in [0.1, 0.15) is 5.78 Å². The Morgan fingerprint density at radius 3 is 2.45 bits per heavy atom. The molecule has 2 fully saturated rings. The first kappa shape index (κ1) is 15.3. The topological polar surface area (TPSA) is 46.2 Å². The van der Waals surface area contributed by atoms with Gasteiger partial charge in [0.15, 0.2) is 0 Å². The lowest BCUT2D eigenvalue weighted by molar-refractivity contribution is -0.137. The van der Waals surface area contributed by atoms with Crippen LogP contribution in [0.2, 0.25) is 0 Å². The number of amides is 1. The Morgan fingerprint density at radius 2 is 1.82 bits per heavy atom. The van der Waals surface area contributed by atoms with E-state index in [4.69, 9.17) is 0 Å². The van der Waals surface area contributed by atoms with Crippen LogP contribution in [-0.2, 0) is 9.59 Å². The van der Waals surface area contributed by atoms with Gasteiger partial charge in [0, 0.05) is 17.8 Å². The molecule has 1 aromatic carbocycles. The van der Waals surface area contributed by atoms with E-state index in [0.717, 1.165) is 32.1 Å². The van der Waals surface area contributed by atoms with Crippen molar-refractivity contribution in [2.75, 3.05) is 0 Å². The Labute approximate surface area is 132 Å². The first-order chi connectivity index (χ1) is 10.6. The number of ketones is 1. The number of fused-ring (bicyclic) bond motifs is 2. The fourth-order valence-electron chi connectivity index (χ4n) is 4.18. The van der Waals surface area contributed by atoms with Crippen LogP contribution in [0.4, 0.5) is 0 Å². The summed E-state index contributed by atoms with van der Waals surface area (Å²) >= 11 is 0. The Bertz CT molecular complexity index is 565. The van der Waals surface area contributed by atoms with Crippen LogP contribution in [-0.4, -0.2) is 11.7 Å². The number of rotatable bonds is 3. The van der Waals surface area contributed by atoms with Crippen LogP contribution in [0.3, 0.4) is 0 Å². The van der Waals surface area contributed by atoms with Gasteiger partial charge in [-0.3, -0.25) is 9.59 Å². The molecular formula is C19H25NO2. The summed E-state index contributed by atoms with van der Waals surface area (Å²) < 4.78 is 0. The molecule has 0 radical (unpaired) electrons. The molecule has 4 atom stereocenters. The molecule has 1 N–H and O–H groups in total. The first-order valence-corrected chi connectivity index (χ1v) is 8.46. The zero-order chi connectivity index (χ0) is 15.7. The number of benzene rings is 1. The zero-order valence-corrected chi connectivity index (χ0v) is 13.5. The Hall–Kier alpha value is -1.64. The maximum atomic E-state index is 12.6. The summed E-state index contributed by atoms with van der Waals surface area (Å²) in [5.41, 5.74) is 2.37. The van der Waals surface area contributed by atoms with Crippen LogP contribution in [0.15, 0.2) is 24.3 Å². The summed E-state index contributed by atoms with van der Waals surface area (Å²) in [6.07, 6.45) is 4.61. The second-order valence-corrected chi connectivity index (χ2v) is 6.98. The average Bonchev–Trinajstić information content (AvgIpc) is 2.47. The number of carbonyl (C=O) groups is 2. The zero-order valence-electron chi connectivity index (χ0n) is 13.5. The lowest BCUT2D eigenvalue weighted by Crippen LogP contribution is -2.43. The molecule has 1 amide bonds. The quantitative estimate of drug-likeness (QED) is 0.927. The molecular weight excluding hydrogens is 274 g/mol. The molecule has 0 aliphatic heterocycles. The van der Waals surface area contributed by atoms with Crippen molar-refractivity contribution in [1.29, 1.82) is 0 Å². The summed E-state index contributed by atoms with van der Waals surface area (Å²) in [6, 6.07) is 8.18. The fourth-order valence-corrected chi connectivity index (χ4v) is 4.18. The largest absolute Gasteiger partial charge is 0.349 e. The minimum absolute atomic E-state index is 0.0134. The van der Waals surface area contributed by atoms with Gasteiger partial charge >= 0.3 is 0 Å². The van der Waals surface area contributed by atoms with Crippen LogP contribution in [0.1, 0.15) is 56.2 Å². The van der Waals surface area contributed by atoms with Crippen molar-refractivity contribution >= 4 is 11.7 Å². The second-order valence-electron chi connectivity index (χ2n) is 6.98. The molecule has 1 unspecified atom stereocenters. The lowest BCUT2D eigenvalue weighted by atomic mass is 9.67. The van der Waals surface area contributed by atoms with Gasteiger partial charge in [-0.15, -0.1) is 0 Å². The third-order valence-corrected chi connectivity index (χ3v) is 5.43. The molecule has 2 aliphatic carbocycles. The predicted molar refractivity (Wildman–Crippen MR) is 86.3 cm³/mol. The van der Waals surface area contributed by atoms with Gasteiger partial charge in [0.2, 0.25) is 5.91 Å². The number of nitrogens with one attached hydrogen (secondary N) is 1. The highest BCUT2D eigenvalue weighted by Crippen LogP contribution is 2.40. The number of aryl methyl sites for hydroxylation is 1. The number of Topliss-reactive ketones (excluding diaryl/α,β-unsaturated/α-hetero) is 1. The molecule has 3 heteroatoms. The average molecular weight is 299 g/mol. The monoisotopic (exact) mass is 299 g/mol. The summed E-state index contributed by atoms with van der Waals surface area (Å²) in [4.78, 5) is 24.7. The van der Waals surface area contributed by atoms with Crippen LogP contribution >= 0.6 is 0 Å². The van der Waals surface area contributed by atoms with Gasteiger partial charge in [-0.1, -0.05) is 30.7 Å². The van der Waals surface area contributed by atoms with Crippen molar-refractivity contribution in [2.24, 2.45) is 17.8 Å². The molecule has 2 saturated carbocycles. The molecule has 0 heterocycles. The summed E-state index contributed by atoms with van der Waals surface area (Å²) in [7, 11) is 0. The highest BCUT2D eigenvalue weighted by Gasteiger charge is 2.41. The number of carbonyl (C=O) groups excluding carboxylic acids is 2. The fraction of sp³-hybridized carbons (Fsp3) is 0.579. The van der Waals surface area contributed by atoms with E-state index in [1.165, 1.54) is 11.1 Å². The van der Waals surface area contributed by atoms with E-state index >= 15 is 0 Å². The van der Waals surface area contributed by atoms with Gasteiger partial charge in [-0.05, 0) is 50.7 Å². The predicted octanol–water partition coefficient (Wildman–Crippen LogP) is 3.57. The minimum atomic E-state index is 0.0134. The molecule has 3 nitrogen and oxygen atoms in total. The van der Waals surface area contributed by atoms with Crippen molar-refractivity contribution in [2.45, 2.75) is 52.0 Å². The minimum Gasteiger partial charge on any atom is -0.349 e. The van der Waals surface area contributed by atoms with Crippen molar-refractivity contribution in [3.63, 3.8) is 0 Å². The highest BCUT2D eigenvalue weighted by atomic mass is 16.2. The molecule has 2 bridgehead atoms. The standard InChI is InChI=1S/C19H25NO2/c1-12-6-3-4-9-17(12)13(2)20-19(22)16-10-14-7-5-8-15(11-16)18(14)21/h3-4,6,9,13-16H,5,7-8,10-11H2,1-2H3,(H,20,22)/t13-,14-,15+,16?/m0/s1. The van der Waals surface area contributed by atoms with Crippen molar-refractivity contribution in [3.8, 4) is 0 Å². The Morgan fingerprint density at radius 1 is 1.18 bits per heavy atom. The maximum absolute atomic E-state index is 12.6. The third-order valence-electron chi connectivity index (χ3n) is 5.43. The van der Waals surface area contributed by atoms with Gasteiger partial charge in [0.25, 0.3) is 0 Å². The highest BCUT2D eigenvalue weighted by molar-refractivity contribution is 5.88. The summed E-state index contributed by atoms with van der Waals surface area (Å²) in [5, 5.41) is 3.16. The normalized spacial score (nSPS) is 29.0. The van der Waals surface area contributed by atoms with Gasteiger partial charge in [-0.25, -0.2) is 0 Å². The molecule has 0 saturated heterocycles. The van der Waals surface area contributed by atoms with E-state index in [-0.39, 0.29) is 29.7 Å². The van der Waals surface area contributed by atoms with Crippen molar-refractivity contribution in [1.82, 2.24) is 5.32 Å². The molecule has 0 spiro atoms. The SMILES string of the molecule is Cc1ccccc1[C@H](C)NC(=O)C1C[C@H]2CCC[C@@H](C1)C2=O. The molecule has 22 heavy (non-hydrogen) atoms. The van der Waals surface area contributed by atoms with Crippen LogP contribution in [0, 0.1) is 24.7 Å². The van der Waals surface area contributed by atoms with E-state index in [1.807, 2.05) is 19.1 Å². The van der Waals surface area contributed by atoms with E-state index in [9.17, 15) is 9.59 Å². The van der Waals surface area contributed by atoms with E-state index in [0.29, 0.717) is 5.78 Å². The van der Waals surface area contributed by atoms with Crippen LogP contribution < -0.4 is 5.32 Å². The number of hydrogen-bond donors (Lipinski definition) is 1. The van der Waals surface area contributed by atoms with Gasteiger partial charge in [-0.2, -0.15) is 0 Å².